The van der Waals surface area contributed by atoms with Crippen LogP contribution in [0.4, 0.5) is 0 Å². The minimum Gasteiger partial charge on any atom is -0.388 e. The van der Waals surface area contributed by atoms with Crippen molar-refractivity contribution in [2.45, 2.75) is 32.9 Å². The second kappa shape index (κ2) is 7.36. The van der Waals surface area contributed by atoms with Crippen LogP contribution in [0.2, 0.25) is 0 Å². The maximum atomic E-state index is 10.5. The van der Waals surface area contributed by atoms with Gasteiger partial charge in [-0.3, -0.25) is 4.90 Å². The molecule has 118 valence electrons. The Hall–Kier alpha value is -0.940. The Morgan fingerprint density at radius 1 is 1.29 bits per heavy atom. The quantitative estimate of drug-likeness (QED) is 0.833. The molecule has 1 atom stereocenters. The van der Waals surface area contributed by atoms with Gasteiger partial charge in [-0.15, -0.1) is 0 Å². The van der Waals surface area contributed by atoms with E-state index in [2.05, 4.69) is 42.3 Å². The van der Waals surface area contributed by atoms with Gasteiger partial charge in [0.1, 0.15) is 0 Å². The lowest BCUT2D eigenvalue weighted by molar-refractivity contribution is -0.0219. The zero-order chi connectivity index (χ0) is 15.3. The molecule has 2 rings (SSSR count). The topological polar surface area (TPSA) is 44.7 Å². The number of hydrogen-bond donors (Lipinski definition) is 2. The van der Waals surface area contributed by atoms with Gasteiger partial charge in [0, 0.05) is 32.7 Å². The molecule has 4 heteroatoms. The van der Waals surface area contributed by atoms with Crippen LogP contribution in [-0.2, 0) is 11.3 Å². The number of morpholine rings is 1. The Morgan fingerprint density at radius 2 is 2.00 bits per heavy atom. The summed E-state index contributed by atoms with van der Waals surface area (Å²) in [6, 6.07) is 6.37. The van der Waals surface area contributed by atoms with E-state index in [0.29, 0.717) is 13.1 Å². The number of aliphatic hydroxyl groups is 1. The summed E-state index contributed by atoms with van der Waals surface area (Å²) in [6.45, 7) is 11.6. The van der Waals surface area contributed by atoms with Crippen LogP contribution in [0.25, 0.3) is 0 Å². The summed E-state index contributed by atoms with van der Waals surface area (Å²) < 4.78 is 5.34. The van der Waals surface area contributed by atoms with Crippen LogP contribution < -0.4 is 5.32 Å². The van der Waals surface area contributed by atoms with E-state index in [1.54, 1.807) is 0 Å². The average molecular weight is 292 g/mol. The van der Waals surface area contributed by atoms with Crippen LogP contribution in [0, 0.1) is 13.8 Å². The van der Waals surface area contributed by atoms with Crippen molar-refractivity contribution in [2.75, 3.05) is 39.4 Å². The lowest BCUT2D eigenvalue weighted by atomic mass is 10.0. The number of hydrogen-bond acceptors (Lipinski definition) is 4. The van der Waals surface area contributed by atoms with Crippen molar-refractivity contribution in [2.24, 2.45) is 0 Å². The lowest BCUT2D eigenvalue weighted by Gasteiger charge is -2.34. The first-order valence-corrected chi connectivity index (χ1v) is 7.76. The smallest absolute Gasteiger partial charge is 0.0869 e. The van der Waals surface area contributed by atoms with E-state index >= 15 is 0 Å². The zero-order valence-electron chi connectivity index (χ0n) is 13.5. The normalized spacial score (nSPS) is 19.4. The second-order valence-corrected chi connectivity index (χ2v) is 6.35. The van der Waals surface area contributed by atoms with E-state index in [1.807, 2.05) is 6.92 Å². The van der Waals surface area contributed by atoms with Crippen molar-refractivity contribution in [3.8, 4) is 0 Å². The number of benzene rings is 1. The SMILES string of the molecule is Cc1cccc(CNCC(C)(O)CN2CCOCC2)c1C. The van der Waals surface area contributed by atoms with Gasteiger partial charge in [-0.2, -0.15) is 0 Å². The molecule has 0 aromatic heterocycles. The molecule has 0 radical (unpaired) electrons. The Bertz CT molecular complexity index is 454. The van der Waals surface area contributed by atoms with Crippen LogP contribution in [0.3, 0.4) is 0 Å². The number of nitrogens with zero attached hydrogens (tertiary/aromatic N) is 1. The van der Waals surface area contributed by atoms with Gasteiger partial charge in [0.25, 0.3) is 0 Å². The van der Waals surface area contributed by atoms with Crippen molar-refractivity contribution in [3.63, 3.8) is 0 Å². The summed E-state index contributed by atoms with van der Waals surface area (Å²) in [5, 5.41) is 13.9. The first-order chi connectivity index (χ1) is 9.98. The molecule has 1 aliphatic rings. The molecule has 1 fully saturated rings. The zero-order valence-corrected chi connectivity index (χ0v) is 13.5. The first-order valence-electron chi connectivity index (χ1n) is 7.76. The van der Waals surface area contributed by atoms with Crippen molar-refractivity contribution in [1.82, 2.24) is 10.2 Å². The molecule has 1 saturated heterocycles. The number of β-amino-alcohol motifs (C(OH)–C–C–N with tert-alkyl or cyclic N) is 1. The van der Waals surface area contributed by atoms with Gasteiger partial charge >= 0.3 is 0 Å². The number of ether oxygens (including phenoxy) is 1. The van der Waals surface area contributed by atoms with Crippen molar-refractivity contribution < 1.29 is 9.84 Å². The third-order valence-electron chi connectivity index (χ3n) is 4.21. The highest BCUT2D eigenvalue weighted by molar-refractivity contribution is 5.32. The number of nitrogens with one attached hydrogen (secondary N) is 1. The Labute approximate surface area is 128 Å². The molecule has 1 aliphatic heterocycles. The third-order valence-corrected chi connectivity index (χ3v) is 4.21. The molecule has 0 amide bonds. The minimum atomic E-state index is -0.713. The summed E-state index contributed by atoms with van der Waals surface area (Å²) >= 11 is 0. The Balaban J connectivity index is 1.79. The molecule has 4 nitrogen and oxygen atoms in total. The fourth-order valence-corrected chi connectivity index (χ4v) is 2.77. The monoisotopic (exact) mass is 292 g/mol. The van der Waals surface area contributed by atoms with E-state index in [-0.39, 0.29) is 0 Å². The van der Waals surface area contributed by atoms with Gasteiger partial charge in [-0.25, -0.2) is 0 Å². The second-order valence-electron chi connectivity index (χ2n) is 6.35. The van der Waals surface area contributed by atoms with E-state index in [1.165, 1.54) is 16.7 Å². The van der Waals surface area contributed by atoms with E-state index in [9.17, 15) is 5.11 Å². The maximum absolute atomic E-state index is 10.5. The maximum Gasteiger partial charge on any atom is 0.0869 e. The molecule has 0 aliphatic carbocycles. The molecule has 1 aromatic carbocycles. The summed E-state index contributed by atoms with van der Waals surface area (Å²) in [5.41, 5.74) is 3.24. The molecular formula is C17H28N2O2. The van der Waals surface area contributed by atoms with Crippen molar-refractivity contribution in [1.29, 1.82) is 0 Å². The molecule has 0 bridgehead atoms. The molecule has 1 aromatic rings. The van der Waals surface area contributed by atoms with Crippen molar-refractivity contribution in [3.05, 3.63) is 34.9 Å². The van der Waals surface area contributed by atoms with E-state index < -0.39 is 5.60 Å². The van der Waals surface area contributed by atoms with Gasteiger partial charge in [-0.1, -0.05) is 18.2 Å². The van der Waals surface area contributed by atoms with E-state index in [0.717, 1.165) is 32.8 Å². The van der Waals surface area contributed by atoms with Crippen LogP contribution in [-0.4, -0.2) is 55.0 Å². The largest absolute Gasteiger partial charge is 0.388 e. The summed E-state index contributed by atoms with van der Waals surface area (Å²) in [6.07, 6.45) is 0. The Morgan fingerprint density at radius 3 is 2.71 bits per heavy atom. The number of rotatable bonds is 6. The fourth-order valence-electron chi connectivity index (χ4n) is 2.77. The minimum absolute atomic E-state index is 0.595. The molecule has 0 saturated carbocycles. The van der Waals surface area contributed by atoms with E-state index in [4.69, 9.17) is 4.74 Å². The van der Waals surface area contributed by atoms with Gasteiger partial charge in [0.15, 0.2) is 0 Å². The highest BCUT2D eigenvalue weighted by Gasteiger charge is 2.24. The summed E-state index contributed by atoms with van der Waals surface area (Å²) in [5.74, 6) is 0. The fraction of sp³-hybridized carbons (Fsp3) is 0.647. The summed E-state index contributed by atoms with van der Waals surface area (Å²) in [4.78, 5) is 2.27. The first kappa shape index (κ1) is 16.4. The number of aryl methyl sites for hydroxylation is 1. The molecule has 2 N–H and O–H groups in total. The lowest BCUT2D eigenvalue weighted by Crippen LogP contribution is -2.50. The molecule has 0 spiro atoms. The van der Waals surface area contributed by atoms with Crippen LogP contribution >= 0.6 is 0 Å². The van der Waals surface area contributed by atoms with Crippen LogP contribution in [0.15, 0.2) is 18.2 Å². The molecule has 1 heterocycles. The average Bonchev–Trinajstić information content (AvgIpc) is 2.44. The van der Waals surface area contributed by atoms with Gasteiger partial charge in [-0.05, 0) is 37.5 Å². The summed E-state index contributed by atoms with van der Waals surface area (Å²) in [7, 11) is 0. The van der Waals surface area contributed by atoms with Gasteiger partial charge in [0.05, 0.1) is 18.8 Å². The highest BCUT2D eigenvalue weighted by atomic mass is 16.5. The molecular weight excluding hydrogens is 264 g/mol. The molecule has 1 unspecified atom stereocenters. The molecule has 21 heavy (non-hydrogen) atoms. The predicted octanol–water partition coefficient (Wildman–Crippen LogP) is 1.48. The third kappa shape index (κ3) is 5.08. The van der Waals surface area contributed by atoms with Gasteiger partial charge in [0.2, 0.25) is 0 Å². The Kier molecular flexibility index (Phi) is 5.76. The van der Waals surface area contributed by atoms with Crippen molar-refractivity contribution >= 4 is 0 Å². The van der Waals surface area contributed by atoms with Crippen LogP contribution in [0.1, 0.15) is 23.6 Å². The standard InChI is InChI=1S/C17H28N2O2/c1-14-5-4-6-16(15(14)2)11-18-12-17(3,20)13-19-7-9-21-10-8-19/h4-6,18,20H,7-13H2,1-3H3. The predicted molar refractivity (Wildman–Crippen MR) is 85.5 cm³/mol. The van der Waals surface area contributed by atoms with Gasteiger partial charge < -0.3 is 15.2 Å². The highest BCUT2D eigenvalue weighted by Crippen LogP contribution is 2.13. The van der Waals surface area contributed by atoms with Crippen LogP contribution in [0.5, 0.6) is 0 Å².